The summed E-state index contributed by atoms with van der Waals surface area (Å²) in [6.07, 6.45) is 1.75. The van der Waals surface area contributed by atoms with Gasteiger partial charge in [0.1, 0.15) is 11.4 Å². The van der Waals surface area contributed by atoms with Crippen molar-refractivity contribution in [2.24, 2.45) is 11.7 Å². The van der Waals surface area contributed by atoms with Crippen LogP contribution in [0.1, 0.15) is 33.5 Å². The van der Waals surface area contributed by atoms with E-state index in [1.807, 2.05) is 19.1 Å². The van der Waals surface area contributed by atoms with Crippen LogP contribution in [-0.4, -0.2) is 23.4 Å². The molecule has 0 saturated heterocycles. The molecule has 0 aliphatic heterocycles. The number of amides is 1. The minimum atomic E-state index is -0.725. The van der Waals surface area contributed by atoms with E-state index < -0.39 is 11.7 Å². The molecule has 0 saturated carbocycles. The van der Waals surface area contributed by atoms with E-state index in [4.69, 9.17) is 15.3 Å². The van der Waals surface area contributed by atoms with E-state index >= 15 is 0 Å². The Hall–Kier alpha value is -1.49. The summed E-state index contributed by atoms with van der Waals surface area (Å²) >= 11 is 0. The predicted molar refractivity (Wildman–Crippen MR) is 69.1 cm³/mol. The first kappa shape index (κ1) is 16.5. The van der Waals surface area contributed by atoms with Crippen LogP contribution in [0.25, 0.3) is 0 Å². The van der Waals surface area contributed by atoms with Crippen LogP contribution in [0.15, 0.2) is 22.8 Å². The van der Waals surface area contributed by atoms with Crippen LogP contribution in [0.5, 0.6) is 0 Å². The number of hydrogen-bond acceptors (Lipinski definition) is 4. The van der Waals surface area contributed by atoms with Crippen molar-refractivity contribution in [3.63, 3.8) is 0 Å². The van der Waals surface area contributed by atoms with Gasteiger partial charge in [0.25, 0.3) is 0 Å². The number of rotatable bonds is 3. The van der Waals surface area contributed by atoms with Crippen LogP contribution < -0.4 is 5.73 Å². The Morgan fingerprint density at radius 3 is 2.44 bits per heavy atom. The van der Waals surface area contributed by atoms with E-state index in [1.165, 1.54) is 0 Å². The summed E-state index contributed by atoms with van der Waals surface area (Å²) in [4.78, 5) is 10.0. The van der Waals surface area contributed by atoms with Gasteiger partial charge < -0.3 is 20.0 Å². The molecule has 104 valence electrons. The number of primary amides is 1. The molecule has 0 aliphatic carbocycles. The molecule has 1 heterocycles. The van der Waals surface area contributed by atoms with Crippen LogP contribution in [-0.2, 0) is 11.2 Å². The third-order valence-corrected chi connectivity index (χ3v) is 1.85. The highest BCUT2D eigenvalue weighted by Gasteiger charge is 2.12. The second kappa shape index (κ2) is 7.76. The molecular formula is C13H23NO4. The Morgan fingerprint density at radius 2 is 2.17 bits per heavy atom. The molecule has 5 nitrogen and oxygen atoms in total. The first-order valence-electron chi connectivity index (χ1n) is 5.86. The van der Waals surface area contributed by atoms with Gasteiger partial charge in [-0.1, -0.05) is 6.92 Å². The smallest absolute Gasteiger partial charge is 0.405 e. The van der Waals surface area contributed by atoms with Crippen molar-refractivity contribution in [2.45, 2.75) is 39.7 Å². The van der Waals surface area contributed by atoms with E-state index in [9.17, 15) is 4.79 Å². The first-order valence-corrected chi connectivity index (χ1v) is 5.86. The molecule has 0 aliphatic rings. The number of carbonyl (C=O) groups is 1. The first-order chi connectivity index (χ1) is 8.24. The van der Waals surface area contributed by atoms with E-state index in [2.05, 4.69) is 4.74 Å². The van der Waals surface area contributed by atoms with Crippen molar-refractivity contribution in [1.82, 2.24) is 0 Å². The third-order valence-electron chi connectivity index (χ3n) is 1.85. The van der Waals surface area contributed by atoms with E-state index in [0.717, 1.165) is 12.2 Å². The Balaban J connectivity index is 0.000000331. The lowest BCUT2D eigenvalue weighted by atomic mass is 10.1. The van der Waals surface area contributed by atoms with E-state index in [-0.39, 0.29) is 6.61 Å². The summed E-state index contributed by atoms with van der Waals surface area (Å²) in [5.41, 5.74) is 4.26. The lowest BCUT2D eigenvalue weighted by Gasteiger charge is -2.16. The zero-order valence-corrected chi connectivity index (χ0v) is 11.5. The molecule has 1 atom stereocenters. The highest BCUT2D eigenvalue weighted by molar-refractivity contribution is 5.65. The molecule has 1 aromatic heterocycles. The van der Waals surface area contributed by atoms with E-state index in [0.29, 0.717) is 5.92 Å². The van der Waals surface area contributed by atoms with Gasteiger partial charge in [0, 0.05) is 13.0 Å². The number of aliphatic hydroxyl groups excluding tert-OH is 1. The average Bonchev–Trinajstić information content (AvgIpc) is 2.67. The monoisotopic (exact) mass is 257 g/mol. The maximum absolute atomic E-state index is 10.0. The quantitative estimate of drug-likeness (QED) is 0.870. The molecule has 1 rings (SSSR count). The van der Waals surface area contributed by atoms with E-state index in [1.54, 1.807) is 27.0 Å². The zero-order chi connectivity index (χ0) is 14.2. The topological polar surface area (TPSA) is 85.7 Å². The standard InChI is InChI=1S/C8H12O2.C5H11NO2/c1-7(6-9)5-8-3-2-4-10-8;1-5(2,3)8-4(6)7/h2-4,7,9H,5-6H2,1H3;1-3H3,(H2,6,7). The number of hydrogen-bond donors (Lipinski definition) is 2. The van der Waals surface area contributed by atoms with Crippen LogP contribution >= 0.6 is 0 Å². The highest BCUT2D eigenvalue weighted by atomic mass is 16.6. The van der Waals surface area contributed by atoms with Gasteiger partial charge in [0.2, 0.25) is 0 Å². The van der Waals surface area contributed by atoms with Crippen molar-refractivity contribution in [1.29, 1.82) is 0 Å². The fourth-order valence-corrected chi connectivity index (χ4v) is 1.14. The molecule has 0 radical (unpaired) electrons. The van der Waals surface area contributed by atoms with Crippen molar-refractivity contribution < 1.29 is 19.1 Å². The second-order valence-corrected chi connectivity index (χ2v) is 5.10. The fourth-order valence-electron chi connectivity index (χ4n) is 1.14. The molecule has 1 amide bonds. The van der Waals surface area contributed by atoms with Gasteiger partial charge in [0.05, 0.1) is 6.26 Å². The fraction of sp³-hybridized carbons (Fsp3) is 0.615. The number of ether oxygens (including phenoxy) is 1. The van der Waals surface area contributed by atoms with Crippen molar-refractivity contribution >= 4 is 6.09 Å². The van der Waals surface area contributed by atoms with Crippen LogP contribution in [0.4, 0.5) is 4.79 Å². The highest BCUT2D eigenvalue weighted by Crippen LogP contribution is 2.07. The summed E-state index contributed by atoms with van der Waals surface area (Å²) in [6, 6.07) is 3.78. The Kier molecular flexibility index (Phi) is 7.12. The molecule has 1 unspecified atom stereocenters. The maximum atomic E-state index is 10.0. The molecule has 3 N–H and O–H groups in total. The van der Waals surface area contributed by atoms with Crippen molar-refractivity contribution in [3.8, 4) is 0 Å². The minimum absolute atomic E-state index is 0.223. The van der Waals surface area contributed by atoms with Gasteiger partial charge in [-0.25, -0.2) is 4.79 Å². The summed E-state index contributed by atoms with van der Waals surface area (Å²) in [7, 11) is 0. The van der Waals surface area contributed by atoms with Gasteiger partial charge >= 0.3 is 6.09 Å². The lowest BCUT2D eigenvalue weighted by Crippen LogP contribution is -2.27. The van der Waals surface area contributed by atoms with Gasteiger partial charge in [-0.05, 0) is 38.8 Å². The van der Waals surface area contributed by atoms with Gasteiger partial charge in [0.15, 0.2) is 0 Å². The summed E-state index contributed by atoms with van der Waals surface area (Å²) < 4.78 is 9.67. The predicted octanol–water partition coefficient (Wildman–Crippen LogP) is 2.33. The Labute approximate surface area is 108 Å². The molecule has 0 bridgehead atoms. The van der Waals surface area contributed by atoms with Gasteiger partial charge in [-0.15, -0.1) is 0 Å². The minimum Gasteiger partial charge on any atom is -0.469 e. The number of aliphatic hydroxyl groups is 1. The second-order valence-electron chi connectivity index (χ2n) is 5.10. The average molecular weight is 257 g/mol. The molecule has 1 aromatic rings. The molecule has 18 heavy (non-hydrogen) atoms. The summed E-state index contributed by atoms with van der Waals surface area (Å²) in [5.74, 6) is 1.24. The van der Waals surface area contributed by atoms with Crippen LogP contribution in [0.2, 0.25) is 0 Å². The molecule has 0 spiro atoms. The SMILES string of the molecule is CC(C)(C)OC(N)=O.CC(CO)Cc1ccco1. The van der Waals surface area contributed by atoms with Crippen molar-refractivity contribution in [3.05, 3.63) is 24.2 Å². The van der Waals surface area contributed by atoms with Gasteiger partial charge in [-0.2, -0.15) is 0 Å². The molecule has 5 heteroatoms. The molecular weight excluding hydrogens is 234 g/mol. The maximum Gasteiger partial charge on any atom is 0.405 e. The van der Waals surface area contributed by atoms with Crippen molar-refractivity contribution in [2.75, 3.05) is 6.61 Å². The number of furan rings is 1. The Morgan fingerprint density at radius 1 is 1.56 bits per heavy atom. The number of nitrogens with two attached hydrogens (primary N) is 1. The van der Waals surface area contributed by atoms with Gasteiger partial charge in [-0.3, -0.25) is 0 Å². The largest absolute Gasteiger partial charge is 0.469 e. The summed E-state index contributed by atoms with van der Waals surface area (Å²) in [5, 5.41) is 8.69. The molecule has 0 aromatic carbocycles. The molecule has 0 fully saturated rings. The zero-order valence-electron chi connectivity index (χ0n) is 11.5. The lowest BCUT2D eigenvalue weighted by molar-refractivity contribution is 0.0600. The van der Waals surface area contributed by atoms with Crippen LogP contribution in [0, 0.1) is 5.92 Å². The van der Waals surface area contributed by atoms with Crippen LogP contribution in [0.3, 0.4) is 0 Å². The normalized spacial score (nSPS) is 12.3. The number of carbonyl (C=O) groups excluding carboxylic acids is 1. The Bertz CT molecular complexity index is 327. The summed E-state index contributed by atoms with van der Waals surface area (Å²) in [6.45, 7) is 7.50. The third kappa shape index (κ3) is 9.72.